The van der Waals surface area contributed by atoms with Crippen molar-refractivity contribution in [3.8, 4) is 0 Å². The van der Waals surface area contributed by atoms with Gasteiger partial charge < -0.3 is 10.6 Å². The van der Waals surface area contributed by atoms with E-state index in [0.29, 0.717) is 24.2 Å². The fraction of sp³-hybridized carbons (Fsp3) is 0.462. The van der Waals surface area contributed by atoms with E-state index in [-0.39, 0.29) is 30.1 Å². The van der Waals surface area contributed by atoms with E-state index in [1.165, 1.54) is 0 Å². The fourth-order valence-electron chi connectivity index (χ4n) is 2.99. The van der Waals surface area contributed by atoms with Crippen LogP contribution in [0.1, 0.15) is 19.3 Å². The molecule has 0 radical (unpaired) electrons. The summed E-state index contributed by atoms with van der Waals surface area (Å²) in [5.41, 5.74) is 6.96. The normalized spacial score (nSPS) is 30.7. The fourth-order valence-corrected chi connectivity index (χ4v) is 2.99. The highest BCUT2D eigenvalue weighted by Crippen LogP contribution is 2.34. The van der Waals surface area contributed by atoms with Crippen LogP contribution in [0.2, 0.25) is 0 Å². The second-order valence-corrected chi connectivity index (χ2v) is 5.13. The zero-order chi connectivity index (χ0) is 13.6. The van der Waals surface area contributed by atoms with Gasteiger partial charge >= 0.3 is 0 Å². The summed E-state index contributed by atoms with van der Waals surface area (Å²) in [4.78, 5) is 36.9. The van der Waals surface area contributed by atoms with Gasteiger partial charge in [-0.05, 0) is 18.9 Å². The minimum absolute atomic E-state index is 0.0722. The number of rotatable bonds is 1. The Hall–Kier alpha value is -2.11. The zero-order valence-electron chi connectivity index (χ0n) is 10.4. The van der Waals surface area contributed by atoms with Gasteiger partial charge in [0, 0.05) is 30.2 Å². The molecule has 0 aromatic heterocycles. The molecule has 0 aromatic carbocycles. The van der Waals surface area contributed by atoms with Crippen molar-refractivity contribution in [1.82, 2.24) is 10.2 Å². The van der Waals surface area contributed by atoms with Crippen molar-refractivity contribution < 1.29 is 14.4 Å². The van der Waals surface area contributed by atoms with Crippen LogP contribution < -0.4 is 11.1 Å². The van der Waals surface area contributed by atoms with Crippen molar-refractivity contribution in [2.75, 3.05) is 6.54 Å². The van der Waals surface area contributed by atoms with Crippen LogP contribution in [0.4, 0.5) is 0 Å². The minimum Gasteiger partial charge on any atom is -0.398 e. The Morgan fingerprint density at radius 2 is 2.11 bits per heavy atom. The smallest absolute Gasteiger partial charge is 0.252 e. The largest absolute Gasteiger partial charge is 0.398 e. The van der Waals surface area contributed by atoms with Crippen LogP contribution >= 0.6 is 0 Å². The number of allylic oxidation sites excluding steroid dienone is 2. The number of likely N-dealkylation sites (tertiary alicyclic amines) is 1. The topological polar surface area (TPSA) is 92.5 Å². The van der Waals surface area contributed by atoms with Crippen molar-refractivity contribution in [2.45, 2.75) is 25.3 Å². The third kappa shape index (κ3) is 1.83. The number of fused-ring (bicyclic) bond motifs is 1. The molecule has 6 nitrogen and oxygen atoms in total. The van der Waals surface area contributed by atoms with Crippen molar-refractivity contribution in [3.63, 3.8) is 0 Å². The Labute approximate surface area is 110 Å². The molecule has 2 aliphatic heterocycles. The maximum Gasteiger partial charge on any atom is 0.252 e. The molecule has 6 heteroatoms. The van der Waals surface area contributed by atoms with E-state index >= 15 is 0 Å². The first-order valence-electron chi connectivity index (χ1n) is 6.38. The molecule has 3 rings (SSSR count). The molecule has 2 unspecified atom stereocenters. The predicted octanol–water partition coefficient (Wildman–Crippen LogP) is -0.577. The molecular formula is C13H15N3O3. The first kappa shape index (κ1) is 12.0. The van der Waals surface area contributed by atoms with E-state index in [1.54, 1.807) is 11.0 Å². The van der Waals surface area contributed by atoms with Crippen LogP contribution in [-0.4, -0.2) is 35.2 Å². The van der Waals surface area contributed by atoms with Gasteiger partial charge in [-0.3, -0.25) is 19.7 Å². The second-order valence-electron chi connectivity index (χ2n) is 5.13. The maximum atomic E-state index is 12.4. The number of nitrogens with two attached hydrogens (primary N) is 1. The number of hydrogen-bond donors (Lipinski definition) is 2. The van der Waals surface area contributed by atoms with Gasteiger partial charge in [0.25, 0.3) is 5.91 Å². The summed E-state index contributed by atoms with van der Waals surface area (Å²) in [7, 11) is 0. The molecule has 19 heavy (non-hydrogen) atoms. The van der Waals surface area contributed by atoms with Crippen molar-refractivity contribution in [3.05, 3.63) is 23.4 Å². The molecule has 3 aliphatic rings. The van der Waals surface area contributed by atoms with Crippen LogP contribution in [0.3, 0.4) is 0 Å². The van der Waals surface area contributed by atoms with E-state index < -0.39 is 6.04 Å². The summed E-state index contributed by atoms with van der Waals surface area (Å²) in [6, 6.07) is -0.545. The van der Waals surface area contributed by atoms with Gasteiger partial charge in [0.2, 0.25) is 11.8 Å². The SMILES string of the molecule is NC1=C2C(=O)N(C3CCC(=O)NC3=O)CC2CC=C1. The van der Waals surface area contributed by atoms with E-state index in [4.69, 9.17) is 5.73 Å². The average Bonchev–Trinajstić information content (AvgIpc) is 2.68. The molecule has 100 valence electrons. The van der Waals surface area contributed by atoms with Crippen LogP contribution in [0.25, 0.3) is 0 Å². The Kier molecular flexibility index (Phi) is 2.66. The lowest BCUT2D eigenvalue weighted by Gasteiger charge is -2.29. The quantitative estimate of drug-likeness (QED) is 0.618. The number of amides is 3. The van der Waals surface area contributed by atoms with Crippen LogP contribution in [0.15, 0.2) is 23.4 Å². The highest BCUT2D eigenvalue weighted by molar-refractivity contribution is 6.05. The molecule has 0 spiro atoms. The van der Waals surface area contributed by atoms with Gasteiger partial charge in [-0.25, -0.2) is 0 Å². The van der Waals surface area contributed by atoms with E-state index in [1.807, 2.05) is 6.08 Å². The van der Waals surface area contributed by atoms with Gasteiger partial charge in [0.1, 0.15) is 6.04 Å². The van der Waals surface area contributed by atoms with E-state index in [9.17, 15) is 14.4 Å². The van der Waals surface area contributed by atoms with Crippen LogP contribution in [-0.2, 0) is 14.4 Å². The molecule has 2 atom stereocenters. The molecule has 3 amide bonds. The zero-order valence-corrected chi connectivity index (χ0v) is 10.4. The minimum atomic E-state index is -0.545. The second kappa shape index (κ2) is 4.22. The highest BCUT2D eigenvalue weighted by Gasteiger charge is 2.43. The Morgan fingerprint density at radius 3 is 2.79 bits per heavy atom. The molecule has 0 saturated carbocycles. The molecular weight excluding hydrogens is 246 g/mol. The summed E-state index contributed by atoms with van der Waals surface area (Å²) < 4.78 is 0. The number of nitrogens with one attached hydrogen (secondary N) is 1. The standard InChI is InChI=1S/C13H15N3O3/c14-8-3-1-2-7-6-16(13(19)11(7)8)9-4-5-10(17)15-12(9)18/h1,3,7,9H,2,4-6,14H2,(H,15,17,18). The van der Waals surface area contributed by atoms with Crippen LogP contribution in [0, 0.1) is 5.92 Å². The lowest BCUT2D eigenvalue weighted by molar-refractivity contribution is -0.142. The molecule has 3 N–H and O–H groups in total. The predicted molar refractivity (Wildman–Crippen MR) is 66.3 cm³/mol. The van der Waals surface area contributed by atoms with Crippen LogP contribution in [0.5, 0.6) is 0 Å². The van der Waals surface area contributed by atoms with Crippen molar-refractivity contribution in [1.29, 1.82) is 0 Å². The number of piperidine rings is 1. The molecule has 1 aliphatic carbocycles. The monoisotopic (exact) mass is 261 g/mol. The maximum absolute atomic E-state index is 12.4. The van der Waals surface area contributed by atoms with Gasteiger partial charge in [-0.1, -0.05) is 6.08 Å². The molecule has 0 bridgehead atoms. The Bertz CT molecular complexity index is 535. The van der Waals surface area contributed by atoms with Gasteiger partial charge in [0.15, 0.2) is 0 Å². The third-order valence-corrected chi connectivity index (χ3v) is 3.93. The van der Waals surface area contributed by atoms with Gasteiger partial charge in [-0.15, -0.1) is 0 Å². The lowest BCUT2D eigenvalue weighted by Crippen LogP contribution is -2.53. The first-order chi connectivity index (χ1) is 9.08. The highest BCUT2D eigenvalue weighted by atomic mass is 16.2. The Morgan fingerprint density at radius 1 is 1.32 bits per heavy atom. The molecule has 0 aromatic rings. The molecule has 2 saturated heterocycles. The number of nitrogens with zero attached hydrogens (tertiary/aromatic N) is 1. The van der Waals surface area contributed by atoms with Crippen molar-refractivity contribution in [2.24, 2.45) is 11.7 Å². The summed E-state index contributed by atoms with van der Waals surface area (Å²) in [6.45, 7) is 0.505. The number of hydrogen-bond acceptors (Lipinski definition) is 4. The van der Waals surface area contributed by atoms with Crippen molar-refractivity contribution >= 4 is 17.7 Å². The Balaban J connectivity index is 1.85. The molecule has 2 heterocycles. The van der Waals surface area contributed by atoms with E-state index in [2.05, 4.69) is 5.32 Å². The van der Waals surface area contributed by atoms with E-state index in [0.717, 1.165) is 6.42 Å². The third-order valence-electron chi connectivity index (χ3n) is 3.93. The number of carbonyl (C=O) groups excluding carboxylic acids is 3. The summed E-state index contributed by atoms with van der Waals surface area (Å²) in [5, 5.41) is 2.28. The first-order valence-corrected chi connectivity index (χ1v) is 6.38. The molecule has 2 fully saturated rings. The summed E-state index contributed by atoms with van der Waals surface area (Å²) in [6.07, 6.45) is 5.13. The average molecular weight is 261 g/mol. The summed E-state index contributed by atoms with van der Waals surface area (Å²) >= 11 is 0. The number of imide groups is 1. The summed E-state index contributed by atoms with van der Waals surface area (Å²) in [5.74, 6) is -0.745. The van der Waals surface area contributed by atoms with Gasteiger partial charge in [0.05, 0.1) is 0 Å². The lowest BCUT2D eigenvalue weighted by atomic mass is 9.93. The van der Waals surface area contributed by atoms with Gasteiger partial charge in [-0.2, -0.15) is 0 Å². The number of carbonyl (C=O) groups is 3.